The summed E-state index contributed by atoms with van der Waals surface area (Å²) < 4.78 is 8.74. The maximum absolute atomic E-state index is 8.74. The van der Waals surface area contributed by atoms with Crippen molar-refractivity contribution in [3.05, 3.63) is 0 Å². The number of unbranched alkanes of at least 4 members (excludes halogenated alkanes) is 5. The van der Waals surface area contributed by atoms with E-state index in [-0.39, 0.29) is 0 Å². The Morgan fingerprint density at radius 2 is 1.17 bits per heavy atom. The monoisotopic (exact) mass is 196 g/mol. The molecule has 0 heterocycles. The molecule has 0 bridgehead atoms. The minimum atomic E-state index is -3.13. The summed E-state index contributed by atoms with van der Waals surface area (Å²) >= 11 is 0. The van der Waals surface area contributed by atoms with Crippen LogP contribution in [0.15, 0.2) is 0 Å². The second kappa shape index (κ2) is 13.7. The van der Waals surface area contributed by atoms with Crippen molar-refractivity contribution in [3.8, 4) is 0 Å². The molecule has 0 atom stereocenters. The van der Waals surface area contributed by atoms with Crippen LogP contribution in [0.25, 0.3) is 0 Å². The van der Waals surface area contributed by atoms with Gasteiger partial charge < -0.3 is 9.79 Å². The number of hydrogen-bond acceptors (Lipinski definition) is 1. The summed E-state index contributed by atoms with van der Waals surface area (Å²) in [5.74, 6) is 0. The summed E-state index contributed by atoms with van der Waals surface area (Å²) in [6.07, 6.45) is 8.49. The molecule has 0 saturated carbocycles. The molecule has 0 radical (unpaired) electrons. The molecule has 0 unspecified atom stereocenters. The zero-order valence-electron chi connectivity index (χ0n) is 8.05. The molecular formula is C8H21O3P. The van der Waals surface area contributed by atoms with E-state index in [0.29, 0.717) is 0 Å². The van der Waals surface area contributed by atoms with E-state index in [1.807, 2.05) is 0 Å². The van der Waals surface area contributed by atoms with Crippen LogP contribution in [-0.2, 0) is 4.57 Å². The summed E-state index contributed by atoms with van der Waals surface area (Å²) in [4.78, 5) is 14.3. The van der Waals surface area contributed by atoms with E-state index in [2.05, 4.69) is 13.8 Å². The Morgan fingerprint density at radius 3 is 1.33 bits per heavy atom. The largest absolute Gasteiger partial charge is 0.326 e. The molecule has 0 fully saturated rings. The van der Waals surface area contributed by atoms with Crippen LogP contribution in [0.3, 0.4) is 0 Å². The molecule has 2 N–H and O–H groups in total. The van der Waals surface area contributed by atoms with Crippen LogP contribution in [0.5, 0.6) is 0 Å². The molecule has 76 valence electrons. The molecule has 0 rings (SSSR count). The molecule has 0 saturated heterocycles. The third-order valence-corrected chi connectivity index (χ3v) is 1.46. The fourth-order valence-electron chi connectivity index (χ4n) is 0.854. The Hall–Kier alpha value is 0.150. The summed E-state index contributed by atoms with van der Waals surface area (Å²) in [6.45, 7) is 4.51. The third kappa shape index (κ3) is 32.0. The van der Waals surface area contributed by atoms with Gasteiger partial charge >= 0.3 is 8.25 Å². The van der Waals surface area contributed by atoms with Gasteiger partial charge in [-0.3, -0.25) is 4.57 Å². The van der Waals surface area contributed by atoms with Crippen molar-refractivity contribution < 1.29 is 14.4 Å². The highest BCUT2D eigenvalue weighted by molar-refractivity contribution is 7.30. The van der Waals surface area contributed by atoms with Crippen LogP contribution in [-0.4, -0.2) is 9.79 Å². The van der Waals surface area contributed by atoms with Crippen LogP contribution in [0.2, 0.25) is 0 Å². The van der Waals surface area contributed by atoms with Gasteiger partial charge in [0, 0.05) is 0 Å². The van der Waals surface area contributed by atoms with Gasteiger partial charge in [-0.2, -0.15) is 0 Å². The quantitative estimate of drug-likeness (QED) is 0.525. The average molecular weight is 196 g/mol. The second-order valence-corrected chi connectivity index (χ2v) is 3.26. The highest BCUT2D eigenvalue weighted by Gasteiger charge is 1.83. The Balaban J connectivity index is 0. The van der Waals surface area contributed by atoms with Crippen LogP contribution < -0.4 is 0 Å². The fourth-order valence-corrected chi connectivity index (χ4v) is 0.854. The van der Waals surface area contributed by atoms with Crippen LogP contribution in [0.4, 0.5) is 0 Å². The first kappa shape index (κ1) is 14.7. The zero-order chi connectivity index (χ0) is 9.82. The highest BCUT2D eigenvalue weighted by atomic mass is 31.1. The van der Waals surface area contributed by atoms with Gasteiger partial charge in [0.15, 0.2) is 0 Å². The molecule has 0 aromatic heterocycles. The van der Waals surface area contributed by atoms with Crippen LogP contribution in [0, 0.1) is 0 Å². The lowest BCUT2D eigenvalue weighted by atomic mass is 10.1. The van der Waals surface area contributed by atoms with Gasteiger partial charge in [-0.05, 0) is 0 Å². The first-order valence-electron chi connectivity index (χ1n) is 4.57. The normalized spacial score (nSPS) is 9.42. The van der Waals surface area contributed by atoms with Gasteiger partial charge in [0.1, 0.15) is 0 Å². The molecule has 0 aromatic rings. The average Bonchev–Trinajstić information content (AvgIpc) is 1.97. The molecule has 0 aliphatic carbocycles. The topological polar surface area (TPSA) is 57.5 Å². The van der Waals surface area contributed by atoms with Crippen molar-refractivity contribution in [3.63, 3.8) is 0 Å². The van der Waals surface area contributed by atoms with Crippen molar-refractivity contribution in [2.24, 2.45) is 0 Å². The Morgan fingerprint density at radius 1 is 0.917 bits per heavy atom. The first-order valence-corrected chi connectivity index (χ1v) is 5.87. The van der Waals surface area contributed by atoms with Gasteiger partial charge in [0.25, 0.3) is 0 Å². The smallest absolute Gasteiger partial charge is 0.314 e. The molecule has 0 spiro atoms. The highest BCUT2D eigenvalue weighted by Crippen LogP contribution is 2.03. The van der Waals surface area contributed by atoms with E-state index < -0.39 is 8.25 Å². The van der Waals surface area contributed by atoms with Gasteiger partial charge in [-0.25, -0.2) is 0 Å². The van der Waals surface area contributed by atoms with E-state index in [4.69, 9.17) is 14.4 Å². The van der Waals surface area contributed by atoms with Crippen molar-refractivity contribution in [1.82, 2.24) is 0 Å². The molecular weight excluding hydrogens is 175 g/mol. The van der Waals surface area contributed by atoms with E-state index in [1.165, 1.54) is 38.5 Å². The molecule has 3 nitrogen and oxygen atoms in total. The van der Waals surface area contributed by atoms with E-state index in [0.717, 1.165) is 0 Å². The van der Waals surface area contributed by atoms with E-state index in [9.17, 15) is 0 Å². The minimum Gasteiger partial charge on any atom is -0.326 e. The van der Waals surface area contributed by atoms with Crippen LogP contribution >= 0.6 is 8.25 Å². The van der Waals surface area contributed by atoms with Gasteiger partial charge in [-0.15, -0.1) is 0 Å². The predicted molar refractivity (Wildman–Crippen MR) is 52.5 cm³/mol. The SMILES string of the molecule is CCCCCCCC.O=[PH](O)O. The lowest BCUT2D eigenvalue weighted by Crippen LogP contribution is -1.73. The summed E-state index contributed by atoms with van der Waals surface area (Å²) in [6, 6.07) is 0. The third-order valence-electron chi connectivity index (χ3n) is 1.46. The van der Waals surface area contributed by atoms with Crippen molar-refractivity contribution in [2.45, 2.75) is 52.4 Å². The molecule has 0 aliphatic heterocycles. The lowest BCUT2D eigenvalue weighted by Gasteiger charge is -1.93. The molecule has 0 aromatic carbocycles. The van der Waals surface area contributed by atoms with Crippen molar-refractivity contribution >= 4 is 8.25 Å². The van der Waals surface area contributed by atoms with Crippen LogP contribution in [0.1, 0.15) is 52.4 Å². The first-order chi connectivity index (χ1) is 5.65. The Kier molecular flexibility index (Phi) is 16.8. The van der Waals surface area contributed by atoms with E-state index >= 15 is 0 Å². The van der Waals surface area contributed by atoms with Crippen molar-refractivity contribution in [2.75, 3.05) is 0 Å². The maximum Gasteiger partial charge on any atom is 0.314 e. The minimum absolute atomic E-state index is 1.36. The summed E-state index contributed by atoms with van der Waals surface area (Å²) in [5.41, 5.74) is 0. The van der Waals surface area contributed by atoms with Gasteiger partial charge in [-0.1, -0.05) is 52.4 Å². The standard InChI is InChI=1S/C8H18.H3O3P/c1-3-5-7-8-6-4-2;1-4(2)3/h3-8H2,1-2H3;4H,(H2,1,2,3). The predicted octanol–water partition coefficient (Wildman–Crippen LogP) is 2.73. The van der Waals surface area contributed by atoms with Gasteiger partial charge in [0.05, 0.1) is 0 Å². The fraction of sp³-hybridized carbons (Fsp3) is 1.00. The number of rotatable bonds is 5. The van der Waals surface area contributed by atoms with Gasteiger partial charge in [0.2, 0.25) is 0 Å². The maximum atomic E-state index is 8.74. The number of hydrogen-bond donors (Lipinski definition) is 2. The molecule has 0 amide bonds. The molecule has 12 heavy (non-hydrogen) atoms. The molecule has 0 aliphatic rings. The summed E-state index contributed by atoms with van der Waals surface area (Å²) in [7, 11) is -3.13. The Bertz CT molecular complexity index is 86.3. The lowest BCUT2D eigenvalue weighted by molar-refractivity contribution is 0.405. The van der Waals surface area contributed by atoms with Crippen molar-refractivity contribution in [1.29, 1.82) is 0 Å². The Labute approximate surface area is 75.8 Å². The molecule has 4 heteroatoms. The summed E-state index contributed by atoms with van der Waals surface area (Å²) in [5, 5.41) is 0. The van der Waals surface area contributed by atoms with E-state index in [1.54, 1.807) is 0 Å². The zero-order valence-corrected chi connectivity index (χ0v) is 9.05. The second-order valence-electron chi connectivity index (χ2n) is 2.70.